The minimum atomic E-state index is -0.191. The molecule has 0 saturated carbocycles. The van der Waals surface area contributed by atoms with Crippen LogP contribution in [-0.4, -0.2) is 27.9 Å². The van der Waals surface area contributed by atoms with E-state index in [0.29, 0.717) is 18.2 Å². The number of carbonyl (C=O) groups excluding carboxylic acids is 1. The summed E-state index contributed by atoms with van der Waals surface area (Å²) in [5.74, 6) is 1.03. The van der Waals surface area contributed by atoms with Crippen LogP contribution in [0.25, 0.3) is 20.9 Å². The number of aromatic nitrogens is 2. The number of hydrazine groups is 1. The quantitative estimate of drug-likeness (QED) is 0.370. The number of hydrogen-bond donors (Lipinski definition) is 2. The normalized spacial score (nSPS) is 11.6. The second-order valence-electron chi connectivity index (χ2n) is 6.01. The molecule has 3 heterocycles. The maximum atomic E-state index is 12.4. The first kappa shape index (κ1) is 19.2. The molecule has 0 fully saturated rings. The minimum Gasteiger partial charge on any atom is -0.326 e. The fourth-order valence-electron chi connectivity index (χ4n) is 2.54. The van der Waals surface area contributed by atoms with Crippen molar-refractivity contribution in [1.29, 1.82) is 0 Å². The standard InChI is InChI=1S/C19H21N5OS2/c1-5-11(2)9-15(25)24(4)23-18-16-12(3)14(10-20)27-19(16)22-17(21-18)13-7-6-8-26-13/h5-9H,1,10,20H2,2-4H3,(H,21,22,23)/b11-9-. The molecule has 27 heavy (non-hydrogen) atoms. The molecule has 3 N–H and O–H groups in total. The fraction of sp³-hybridized carbons (Fsp3) is 0.211. The van der Waals surface area contributed by atoms with Crippen LogP contribution in [0.2, 0.25) is 0 Å². The molecule has 6 nitrogen and oxygen atoms in total. The number of nitrogens with zero attached hydrogens (tertiary/aromatic N) is 3. The Kier molecular flexibility index (Phi) is 5.69. The molecule has 3 aromatic rings. The number of nitrogens with two attached hydrogens (primary N) is 1. The molecule has 0 unspecified atom stereocenters. The summed E-state index contributed by atoms with van der Waals surface area (Å²) in [6.07, 6.45) is 3.16. The Hall–Kier alpha value is -2.55. The van der Waals surface area contributed by atoms with Gasteiger partial charge >= 0.3 is 0 Å². The largest absolute Gasteiger partial charge is 0.326 e. The van der Waals surface area contributed by atoms with Gasteiger partial charge in [0.1, 0.15) is 4.83 Å². The van der Waals surface area contributed by atoms with Crippen molar-refractivity contribution < 1.29 is 4.79 Å². The highest BCUT2D eigenvalue weighted by molar-refractivity contribution is 7.19. The van der Waals surface area contributed by atoms with Gasteiger partial charge in [0.2, 0.25) is 0 Å². The molecule has 1 amide bonds. The van der Waals surface area contributed by atoms with E-state index in [4.69, 9.17) is 15.7 Å². The summed E-state index contributed by atoms with van der Waals surface area (Å²) in [6, 6.07) is 3.94. The Bertz CT molecular complexity index is 1020. The van der Waals surface area contributed by atoms with Crippen molar-refractivity contribution in [2.24, 2.45) is 5.73 Å². The molecule has 0 aliphatic carbocycles. The summed E-state index contributed by atoms with van der Waals surface area (Å²) < 4.78 is 0. The lowest BCUT2D eigenvalue weighted by atomic mass is 10.2. The Morgan fingerprint density at radius 1 is 1.44 bits per heavy atom. The van der Waals surface area contributed by atoms with E-state index in [-0.39, 0.29) is 5.91 Å². The van der Waals surface area contributed by atoms with Crippen LogP contribution in [0.4, 0.5) is 5.82 Å². The van der Waals surface area contributed by atoms with E-state index >= 15 is 0 Å². The summed E-state index contributed by atoms with van der Waals surface area (Å²) in [7, 11) is 1.67. The van der Waals surface area contributed by atoms with Crippen molar-refractivity contribution in [3.63, 3.8) is 0 Å². The summed E-state index contributed by atoms with van der Waals surface area (Å²) in [4.78, 5) is 24.7. The van der Waals surface area contributed by atoms with Crippen molar-refractivity contribution in [2.75, 3.05) is 12.5 Å². The molecular formula is C19H21N5OS2. The average Bonchev–Trinajstić information content (AvgIpc) is 3.29. The fourth-order valence-corrected chi connectivity index (χ4v) is 4.25. The number of carbonyl (C=O) groups is 1. The van der Waals surface area contributed by atoms with Gasteiger partial charge in [0.05, 0.1) is 10.3 Å². The maximum absolute atomic E-state index is 12.4. The van der Waals surface area contributed by atoms with Crippen LogP contribution < -0.4 is 11.2 Å². The van der Waals surface area contributed by atoms with Gasteiger partial charge in [0, 0.05) is 24.5 Å². The molecule has 3 aromatic heterocycles. The van der Waals surface area contributed by atoms with E-state index in [2.05, 4.69) is 12.0 Å². The predicted molar refractivity (Wildman–Crippen MR) is 114 cm³/mol. The smallest absolute Gasteiger partial charge is 0.264 e. The molecule has 0 aromatic carbocycles. The van der Waals surface area contributed by atoms with E-state index < -0.39 is 0 Å². The van der Waals surface area contributed by atoms with Gasteiger partial charge < -0.3 is 5.73 Å². The third kappa shape index (κ3) is 3.92. The summed E-state index contributed by atoms with van der Waals surface area (Å²) in [5.41, 5.74) is 10.8. The predicted octanol–water partition coefficient (Wildman–Crippen LogP) is 4.10. The SMILES string of the molecule is C=C/C(C)=C\C(=O)N(C)Nc1nc(-c2cccs2)nc2sc(CN)c(C)c12. The number of thiophene rings is 2. The van der Waals surface area contributed by atoms with E-state index in [1.54, 1.807) is 35.8 Å². The van der Waals surface area contributed by atoms with Crippen molar-refractivity contribution >= 4 is 44.6 Å². The highest BCUT2D eigenvalue weighted by Crippen LogP contribution is 2.36. The third-order valence-electron chi connectivity index (χ3n) is 4.09. The average molecular weight is 400 g/mol. The first-order valence-corrected chi connectivity index (χ1v) is 10.0. The van der Waals surface area contributed by atoms with Gasteiger partial charge in [-0.2, -0.15) is 0 Å². The number of allylic oxidation sites excluding steroid dienone is 2. The highest BCUT2D eigenvalue weighted by Gasteiger charge is 2.18. The van der Waals surface area contributed by atoms with E-state index in [1.807, 2.05) is 31.4 Å². The summed E-state index contributed by atoms with van der Waals surface area (Å²) in [6.45, 7) is 7.94. The molecule has 0 aliphatic rings. The second kappa shape index (κ2) is 7.99. The van der Waals surface area contributed by atoms with Gasteiger partial charge in [-0.1, -0.05) is 18.7 Å². The third-order valence-corrected chi connectivity index (χ3v) is 6.17. The van der Waals surface area contributed by atoms with Gasteiger partial charge in [-0.3, -0.25) is 15.2 Å². The van der Waals surface area contributed by atoms with Crippen molar-refractivity contribution in [3.8, 4) is 10.7 Å². The number of likely N-dealkylation sites (N-methyl/N-ethyl adjacent to an activating group) is 1. The van der Waals surface area contributed by atoms with Gasteiger partial charge in [-0.15, -0.1) is 22.7 Å². The summed E-state index contributed by atoms with van der Waals surface area (Å²) >= 11 is 3.13. The molecule has 0 bridgehead atoms. The van der Waals surface area contributed by atoms with Crippen LogP contribution in [-0.2, 0) is 11.3 Å². The molecular weight excluding hydrogens is 378 g/mol. The molecule has 0 atom stereocenters. The van der Waals surface area contributed by atoms with Crippen LogP contribution in [0.3, 0.4) is 0 Å². The van der Waals surface area contributed by atoms with Crippen LogP contribution in [0.5, 0.6) is 0 Å². The number of fused-ring (bicyclic) bond motifs is 1. The van der Waals surface area contributed by atoms with Crippen LogP contribution in [0, 0.1) is 6.92 Å². The molecule has 0 aliphatic heterocycles. The van der Waals surface area contributed by atoms with Crippen LogP contribution >= 0.6 is 22.7 Å². The molecule has 0 radical (unpaired) electrons. The number of hydrogen-bond acceptors (Lipinski definition) is 7. The lowest BCUT2D eigenvalue weighted by molar-refractivity contribution is -0.123. The molecule has 0 saturated heterocycles. The Labute approximate surface area is 166 Å². The van der Waals surface area contributed by atoms with Crippen molar-refractivity contribution in [3.05, 3.63) is 52.3 Å². The first-order valence-electron chi connectivity index (χ1n) is 8.33. The molecule has 8 heteroatoms. The zero-order valence-corrected chi connectivity index (χ0v) is 17.1. The highest BCUT2D eigenvalue weighted by atomic mass is 32.1. The van der Waals surface area contributed by atoms with E-state index in [0.717, 1.165) is 31.1 Å². The number of amides is 1. The second-order valence-corrected chi connectivity index (χ2v) is 8.04. The first-order chi connectivity index (χ1) is 12.9. The number of anilines is 1. The van der Waals surface area contributed by atoms with Crippen molar-refractivity contribution in [1.82, 2.24) is 15.0 Å². The Morgan fingerprint density at radius 2 is 2.22 bits per heavy atom. The number of nitrogens with one attached hydrogen (secondary N) is 1. The Morgan fingerprint density at radius 3 is 2.85 bits per heavy atom. The van der Waals surface area contributed by atoms with Crippen molar-refractivity contribution in [2.45, 2.75) is 20.4 Å². The van der Waals surface area contributed by atoms with Gasteiger partial charge in [0.25, 0.3) is 5.91 Å². The molecule has 0 spiro atoms. The minimum absolute atomic E-state index is 0.191. The number of rotatable bonds is 6. The van der Waals surface area contributed by atoms with E-state index in [1.165, 1.54) is 11.1 Å². The van der Waals surface area contributed by atoms with E-state index in [9.17, 15) is 4.79 Å². The topological polar surface area (TPSA) is 84.1 Å². The van der Waals surface area contributed by atoms with Crippen LogP contribution in [0.1, 0.15) is 17.4 Å². The van der Waals surface area contributed by atoms with Gasteiger partial charge in [0.15, 0.2) is 11.6 Å². The molecule has 140 valence electrons. The van der Waals surface area contributed by atoms with Crippen LogP contribution in [0.15, 0.2) is 41.8 Å². The van der Waals surface area contributed by atoms with Gasteiger partial charge in [-0.05, 0) is 36.4 Å². The summed E-state index contributed by atoms with van der Waals surface area (Å²) in [5, 5.41) is 4.29. The lowest BCUT2D eigenvalue weighted by Gasteiger charge is -2.18. The maximum Gasteiger partial charge on any atom is 0.264 e. The zero-order valence-electron chi connectivity index (χ0n) is 15.4. The van der Waals surface area contributed by atoms with Gasteiger partial charge in [-0.25, -0.2) is 9.97 Å². The lowest BCUT2D eigenvalue weighted by Crippen LogP contribution is -2.31. The Balaban J connectivity index is 2.08. The zero-order chi connectivity index (χ0) is 19.6. The monoisotopic (exact) mass is 399 g/mol. The molecule has 3 rings (SSSR count). The number of aryl methyl sites for hydroxylation is 1.